The van der Waals surface area contributed by atoms with E-state index in [1.807, 2.05) is 96.5 Å². The van der Waals surface area contributed by atoms with Crippen LogP contribution in [0.3, 0.4) is 0 Å². The number of benzene rings is 6. The van der Waals surface area contributed by atoms with Crippen molar-refractivity contribution in [3.63, 3.8) is 0 Å². The number of aryl methyl sites for hydroxylation is 1. The fraction of sp³-hybridized carbons (Fsp3) is 0.0488. The highest BCUT2D eigenvalue weighted by Crippen LogP contribution is 2.48. The zero-order valence-electron chi connectivity index (χ0n) is 26.2. The lowest BCUT2D eigenvalue weighted by Gasteiger charge is -2.23. The Bertz CT molecular complexity index is 2660. The lowest BCUT2D eigenvalue weighted by molar-refractivity contribution is 0.364. The first-order valence-electron chi connectivity index (χ1n) is 15.7. The van der Waals surface area contributed by atoms with Gasteiger partial charge in [-0.15, -0.1) is 0 Å². The molecule has 0 atom stereocenters. The van der Waals surface area contributed by atoms with Gasteiger partial charge in [-0.05, 0) is 40.8 Å². The van der Waals surface area contributed by atoms with Gasteiger partial charge < -0.3 is 13.2 Å². The van der Waals surface area contributed by atoms with Crippen molar-refractivity contribution in [2.24, 2.45) is 7.05 Å². The molecule has 0 unspecified atom stereocenters. The number of halogens is 1. The molecule has 0 aliphatic heterocycles. The second-order valence-corrected chi connectivity index (χ2v) is 13.3. The average molecular weight is 666 g/mol. The van der Waals surface area contributed by atoms with Gasteiger partial charge >= 0.3 is 21.7 Å². The number of hydrogen-bond acceptors (Lipinski definition) is 5. The minimum absolute atomic E-state index is 0.0279. The summed E-state index contributed by atoms with van der Waals surface area (Å²) in [7, 11) is -2.69. The van der Waals surface area contributed by atoms with Gasteiger partial charge in [-0.1, -0.05) is 121 Å². The van der Waals surface area contributed by atoms with E-state index in [1.165, 1.54) is 24.3 Å². The molecule has 0 fully saturated rings. The monoisotopic (exact) mass is 665 g/mol. The minimum atomic E-state index is -4.61. The molecular formula is C41H28FNO5S. The van der Waals surface area contributed by atoms with Gasteiger partial charge in [0.15, 0.2) is 0 Å². The summed E-state index contributed by atoms with van der Waals surface area (Å²) in [5.74, 6) is -1.73. The van der Waals surface area contributed by atoms with Crippen LogP contribution in [0.25, 0.3) is 43.6 Å². The van der Waals surface area contributed by atoms with E-state index in [1.54, 1.807) is 36.4 Å². The van der Waals surface area contributed by atoms with Gasteiger partial charge in [0.1, 0.15) is 10.7 Å². The molecule has 8 aromatic rings. The maximum atomic E-state index is 16.2. The molecule has 2 aromatic heterocycles. The predicted molar refractivity (Wildman–Crippen MR) is 190 cm³/mol. The lowest BCUT2D eigenvalue weighted by atomic mass is 9.84. The fourth-order valence-corrected chi connectivity index (χ4v) is 8.00. The first kappa shape index (κ1) is 30.4. The topological polar surface area (TPSA) is 78.5 Å². The third-order valence-electron chi connectivity index (χ3n) is 9.02. The number of hydrogen-bond donors (Lipinski definition) is 0. The van der Waals surface area contributed by atoms with Crippen molar-refractivity contribution >= 4 is 42.6 Å². The maximum absolute atomic E-state index is 16.2. The molecule has 0 N–H and O–H groups in total. The van der Waals surface area contributed by atoms with Crippen molar-refractivity contribution in [3.05, 3.63) is 179 Å². The van der Waals surface area contributed by atoms with Crippen molar-refractivity contribution in [1.82, 2.24) is 4.57 Å². The molecule has 2 heterocycles. The Hall–Kier alpha value is -5.99. The van der Waals surface area contributed by atoms with Crippen LogP contribution in [0.2, 0.25) is 0 Å². The number of rotatable bonds is 7. The molecule has 8 rings (SSSR count). The van der Waals surface area contributed by atoms with Gasteiger partial charge in [0.05, 0.1) is 10.9 Å². The van der Waals surface area contributed by atoms with Crippen LogP contribution < -0.4 is 9.81 Å². The van der Waals surface area contributed by atoms with E-state index in [9.17, 15) is 13.2 Å². The predicted octanol–water partition coefficient (Wildman–Crippen LogP) is 9.19. The van der Waals surface area contributed by atoms with E-state index in [2.05, 4.69) is 0 Å². The van der Waals surface area contributed by atoms with Crippen LogP contribution in [0, 0.1) is 5.82 Å². The third-order valence-corrected chi connectivity index (χ3v) is 10.3. The summed E-state index contributed by atoms with van der Waals surface area (Å²) in [6.45, 7) is 0. The normalized spacial score (nSPS) is 11.9. The second-order valence-electron chi connectivity index (χ2n) is 11.8. The Morgan fingerprint density at radius 2 is 1.22 bits per heavy atom. The zero-order chi connectivity index (χ0) is 33.7. The van der Waals surface area contributed by atoms with E-state index >= 15 is 4.39 Å². The Kier molecular flexibility index (Phi) is 7.38. The molecule has 0 saturated heterocycles. The van der Waals surface area contributed by atoms with E-state index < -0.39 is 33.4 Å². The van der Waals surface area contributed by atoms with Crippen LogP contribution in [0.4, 0.5) is 4.39 Å². The molecule has 0 aliphatic carbocycles. The summed E-state index contributed by atoms with van der Waals surface area (Å²) in [6.07, 6.45) is 0. The molecular weight excluding hydrogens is 638 g/mol. The zero-order valence-corrected chi connectivity index (χ0v) is 27.0. The highest BCUT2D eigenvalue weighted by atomic mass is 32.2. The molecule has 0 amide bonds. The summed E-state index contributed by atoms with van der Waals surface area (Å²) in [5, 5.41) is 1.67. The SMILES string of the molecule is Cn1c(C(c2ccccc2)c2ccccc2)c(-c2c(OS(=O)(=O)c3cccc4ccccc34)oc(=O)c3cccc(F)c23)c2ccccc21. The molecule has 49 heavy (non-hydrogen) atoms. The largest absolute Gasteiger partial charge is 0.388 e. The first-order valence-corrected chi connectivity index (χ1v) is 17.1. The molecule has 6 aromatic carbocycles. The second kappa shape index (κ2) is 11.9. The molecule has 0 saturated carbocycles. The third kappa shape index (κ3) is 5.08. The summed E-state index contributed by atoms with van der Waals surface area (Å²) in [6, 6.07) is 43.3. The highest BCUT2D eigenvalue weighted by Gasteiger charge is 2.33. The summed E-state index contributed by atoms with van der Waals surface area (Å²) >= 11 is 0. The molecule has 0 aliphatic rings. The van der Waals surface area contributed by atoms with Crippen LogP contribution in [-0.2, 0) is 17.2 Å². The van der Waals surface area contributed by atoms with Crippen molar-refractivity contribution in [3.8, 4) is 17.1 Å². The van der Waals surface area contributed by atoms with Crippen LogP contribution in [0.5, 0.6) is 5.95 Å². The molecule has 240 valence electrons. The summed E-state index contributed by atoms with van der Waals surface area (Å²) in [5.41, 5.74) is 3.03. The van der Waals surface area contributed by atoms with Crippen molar-refractivity contribution < 1.29 is 21.4 Å². The first-order chi connectivity index (χ1) is 23.8. The highest BCUT2D eigenvalue weighted by molar-refractivity contribution is 7.87. The van der Waals surface area contributed by atoms with Crippen molar-refractivity contribution in [2.75, 3.05) is 0 Å². The number of fused-ring (bicyclic) bond motifs is 3. The standard InChI is InChI=1S/C41H28FNO5S/c1-43-33-24-11-10-21-30(33)37(39(43)35(27-15-4-2-5-16-27)28-17-6-3-7-18-28)38-36-31(22-13-23-32(36)42)40(44)47-41(38)48-49(45,46)34-25-12-19-26-14-8-9-20-29(26)34/h2-25,35H,1H3. The molecule has 6 nitrogen and oxygen atoms in total. The van der Waals surface area contributed by atoms with Gasteiger partial charge in [0.2, 0.25) is 0 Å². The molecule has 0 bridgehead atoms. The quantitative estimate of drug-likeness (QED) is 0.159. The Morgan fingerprint density at radius 1 is 0.653 bits per heavy atom. The van der Waals surface area contributed by atoms with Gasteiger partial charge in [-0.25, -0.2) is 9.18 Å². The van der Waals surface area contributed by atoms with Crippen LogP contribution in [0.1, 0.15) is 22.7 Å². The van der Waals surface area contributed by atoms with E-state index in [-0.39, 0.29) is 21.2 Å². The molecule has 0 radical (unpaired) electrons. The summed E-state index contributed by atoms with van der Waals surface area (Å²) < 4.78 is 58.3. The van der Waals surface area contributed by atoms with Crippen LogP contribution >= 0.6 is 0 Å². The van der Waals surface area contributed by atoms with E-state index in [0.717, 1.165) is 22.3 Å². The number of aromatic nitrogens is 1. The minimum Gasteiger partial charge on any atom is -0.388 e. The summed E-state index contributed by atoms with van der Waals surface area (Å²) in [4.78, 5) is 13.4. The lowest BCUT2D eigenvalue weighted by Crippen LogP contribution is -2.15. The number of nitrogens with zero attached hydrogens (tertiary/aromatic N) is 1. The maximum Gasteiger partial charge on any atom is 0.346 e. The van der Waals surface area contributed by atoms with Crippen LogP contribution in [-0.4, -0.2) is 13.0 Å². The smallest absolute Gasteiger partial charge is 0.346 e. The van der Waals surface area contributed by atoms with Gasteiger partial charge in [0, 0.05) is 45.9 Å². The van der Waals surface area contributed by atoms with Gasteiger partial charge in [-0.2, -0.15) is 8.42 Å². The van der Waals surface area contributed by atoms with Crippen molar-refractivity contribution in [1.29, 1.82) is 0 Å². The molecule has 8 heteroatoms. The Labute approximate surface area is 281 Å². The van der Waals surface area contributed by atoms with Gasteiger partial charge in [-0.3, -0.25) is 0 Å². The average Bonchev–Trinajstić information content (AvgIpc) is 3.40. The van der Waals surface area contributed by atoms with Gasteiger partial charge in [0.25, 0.3) is 0 Å². The van der Waals surface area contributed by atoms with E-state index in [4.69, 9.17) is 8.60 Å². The van der Waals surface area contributed by atoms with Crippen molar-refractivity contribution in [2.45, 2.75) is 10.8 Å². The Balaban J connectivity index is 1.50. The van der Waals surface area contributed by atoms with E-state index in [0.29, 0.717) is 21.7 Å². The fourth-order valence-electron chi connectivity index (χ4n) is 6.90. The molecule has 0 spiro atoms. The number of para-hydroxylation sites is 1. The Morgan fingerprint density at radius 3 is 1.94 bits per heavy atom. The van der Waals surface area contributed by atoms with Crippen LogP contribution in [0.15, 0.2) is 160 Å².